The van der Waals surface area contributed by atoms with Crippen molar-refractivity contribution in [3.8, 4) is 11.4 Å². The molecule has 4 rings (SSSR count). The van der Waals surface area contributed by atoms with Gasteiger partial charge in [0, 0.05) is 24.3 Å². The minimum Gasteiger partial charge on any atom is -0.366 e. The number of pyridine rings is 2. The molecule has 1 amide bonds. The number of nitrogens with zero attached hydrogens (tertiary/aromatic N) is 3. The molecule has 3 aromatic heterocycles. The van der Waals surface area contributed by atoms with Crippen molar-refractivity contribution in [3.63, 3.8) is 0 Å². The van der Waals surface area contributed by atoms with E-state index in [1.807, 2.05) is 22.6 Å². The highest BCUT2D eigenvalue weighted by Gasteiger charge is 2.15. The summed E-state index contributed by atoms with van der Waals surface area (Å²) in [6, 6.07) is 9.67. The zero-order valence-electron chi connectivity index (χ0n) is 13.1. The van der Waals surface area contributed by atoms with Gasteiger partial charge in [-0.25, -0.2) is 9.97 Å². The number of aromatic nitrogens is 3. The molecular weight excluding hydrogens is 304 g/mol. The van der Waals surface area contributed by atoms with E-state index in [9.17, 15) is 4.79 Å². The Kier molecular flexibility index (Phi) is 3.62. The molecule has 24 heavy (non-hydrogen) atoms. The Morgan fingerprint density at radius 2 is 2.29 bits per heavy atom. The normalized spacial score (nSPS) is 17.2. The molecule has 0 saturated carbocycles. The summed E-state index contributed by atoms with van der Waals surface area (Å²) < 4.78 is 1.90. The second-order valence-corrected chi connectivity index (χ2v) is 5.89. The third-order valence-corrected chi connectivity index (χ3v) is 4.22. The van der Waals surface area contributed by atoms with Crippen LogP contribution in [0.5, 0.6) is 0 Å². The van der Waals surface area contributed by atoms with Crippen LogP contribution in [-0.4, -0.2) is 39.4 Å². The smallest absolute Gasteiger partial charge is 0.248 e. The highest BCUT2D eigenvalue weighted by molar-refractivity contribution is 5.93. The van der Waals surface area contributed by atoms with Crippen molar-refractivity contribution in [2.75, 3.05) is 18.4 Å². The fourth-order valence-electron chi connectivity index (χ4n) is 2.97. The summed E-state index contributed by atoms with van der Waals surface area (Å²) in [6.45, 7) is 1.99. The quantitative estimate of drug-likeness (QED) is 0.672. The summed E-state index contributed by atoms with van der Waals surface area (Å²) in [5.41, 5.74) is 8.12. The Bertz CT molecular complexity index is 897. The molecule has 0 aromatic carbocycles. The number of amides is 1. The molecule has 1 aliphatic rings. The third kappa shape index (κ3) is 2.69. The van der Waals surface area contributed by atoms with Crippen LogP contribution in [-0.2, 0) is 0 Å². The van der Waals surface area contributed by atoms with Crippen LogP contribution in [0, 0.1) is 0 Å². The molecule has 0 bridgehead atoms. The Balaban J connectivity index is 1.68. The van der Waals surface area contributed by atoms with Gasteiger partial charge in [-0.3, -0.25) is 9.20 Å². The molecule has 0 spiro atoms. The van der Waals surface area contributed by atoms with Crippen LogP contribution in [0.2, 0.25) is 0 Å². The maximum absolute atomic E-state index is 11.3. The first-order valence-corrected chi connectivity index (χ1v) is 7.92. The average Bonchev–Trinajstić information content (AvgIpc) is 3.23. The van der Waals surface area contributed by atoms with Crippen LogP contribution in [0.25, 0.3) is 17.0 Å². The average molecular weight is 322 g/mol. The van der Waals surface area contributed by atoms with Crippen molar-refractivity contribution in [2.45, 2.75) is 12.5 Å². The number of rotatable bonds is 4. The molecule has 7 nitrogen and oxygen atoms in total. The van der Waals surface area contributed by atoms with Crippen LogP contribution >= 0.6 is 0 Å². The summed E-state index contributed by atoms with van der Waals surface area (Å²) in [4.78, 5) is 20.3. The fraction of sp³-hybridized carbons (Fsp3) is 0.235. The number of carbonyl (C=O) groups is 1. The van der Waals surface area contributed by atoms with Gasteiger partial charge in [-0.2, -0.15) is 0 Å². The lowest BCUT2D eigenvalue weighted by Crippen LogP contribution is -2.22. The van der Waals surface area contributed by atoms with Crippen molar-refractivity contribution in [1.29, 1.82) is 0 Å². The van der Waals surface area contributed by atoms with Gasteiger partial charge in [0.05, 0.1) is 17.6 Å². The largest absolute Gasteiger partial charge is 0.366 e. The Hall–Kier alpha value is -2.93. The lowest BCUT2D eigenvalue weighted by atomic mass is 10.2. The second kappa shape index (κ2) is 5.93. The van der Waals surface area contributed by atoms with Gasteiger partial charge in [-0.15, -0.1) is 0 Å². The van der Waals surface area contributed by atoms with Crippen molar-refractivity contribution in [3.05, 3.63) is 48.3 Å². The van der Waals surface area contributed by atoms with Gasteiger partial charge in [0.2, 0.25) is 5.91 Å². The third-order valence-electron chi connectivity index (χ3n) is 4.22. The second-order valence-electron chi connectivity index (χ2n) is 5.89. The van der Waals surface area contributed by atoms with Crippen LogP contribution < -0.4 is 16.4 Å². The topological polar surface area (TPSA) is 97.3 Å². The number of nitrogens with two attached hydrogens (primary N) is 1. The first kappa shape index (κ1) is 14.6. The number of nitrogens with one attached hydrogen (secondary N) is 2. The van der Waals surface area contributed by atoms with E-state index < -0.39 is 5.91 Å². The molecule has 1 saturated heterocycles. The van der Waals surface area contributed by atoms with Gasteiger partial charge >= 0.3 is 0 Å². The zero-order valence-corrected chi connectivity index (χ0v) is 13.1. The van der Waals surface area contributed by atoms with Gasteiger partial charge in [-0.1, -0.05) is 6.07 Å². The molecule has 1 fully saturated rings. The van der Waals surface area contributed by atoms with E-state index in [4.69, 9.17) is 10.7 Å². The summed E-state index contributed by atoms with van der Waals surface area (Å²) in [7, 11) is 0. The fourth-order valence-corrected chi connectivity index (χ4v) is 2.97. The van der Waals surface area contributed by atoms with Gasteiger partial charge in [0.1, 0.15) is 11.5 Å². The van der Waals surface area contributed by atoms with E-state index in [-0.39, 0.29) is 0 Å². The van der Waals surface area contributed by atoms with E-state index in [0.29, 0.717) is 17.3 Å². The highest BCUT2D eigenvalue weighted by Crippen LogP contribution is 2.21. The standard InChI is InChI=1S/C17H18N6O/c18-17(24)11-5-7-23-14(10-20-16(23)8-11)13-2-1-3-15(22-13)21-12-4-6-19-9-12/h1-3,5,7-8,10,12,19H,4,6,9H2,(H2,18,24)(H,21,22). The summed E-state index contributed by atoms with van der Waals surface area (Å²) in [6.07, 6.45) is 4.64. The van der Waals surface area contributed by atoms with E-state index in [1.165, 1.54) is 0 Å². The highest BCUT2D eigenvalue weighted by atomic mass is 16.1. The molecule has 0 aliphatic carbocycles. The maximum Gasteiger partial charge on any atom is 0.248 e. The predicted octanol–water partition coefficient (Wildman–Crippen LogP) is 1.27. The number of imidazole rings is 1. The Morgan fingerprint density at radius 3 is 3.08 bits per heavy atom. The van der Waals surface area contributed by atoms with E-state index >= 15 is 0 Å². The molecular formula is C17H18N6O. The zero-order chi connectivity index (χ0) is 16.5. The van der Waals surface area contributed by atoms with Crippen molar-refractivity contribution in [2.24, 2.45) is 5.73 Å². The first-order valence-electron chi connectivity index (χ1n) is 7.92. The monoisotopic (exact) mass is 322 g/mol. The van der Waals surface area contributed by atoms with Crippen molar-refractivity contribution < 1.29 is 4.79 Å². The minimum absolute atomic E-state index is 0.410. The molecule has 1 aliphatic heterocycles. The summed E-state index contributed by atoms with van der Waals surface area (Å²) in [5.74, 6) is 0.390. The SMILES string of the molecule is NC(=O)c1ccn2c(-c3cccc(NC4CCNC4)n3)cnc2c1. The van der Waals surface area contributed by atoms with Gasteiger partial charge in [0.25, 0.3) is 0 Å². The lowest BCUT2D eigenvalue weighted by Gasteiger charge is -2.12. The minimum atomic E-state index is -0.462. The van der Waals surface area contributed by atoms with E-state index in [0.717, 1.165) is 36.7 Å². The molecule has 0 radical (unpaired) electrons. The first-order chi connectivity index (χ1) is 11.7. The molecule has 4 N–H and O–H groups in total. The van der Waals surface area contributed by atoms with Crippen LogP contribution in [0.4, 0.5) is 5.82 Å². The molecule has 3 aromatic rings. The van der Waals surface area contributed by atoms with Gasteiger partial charge < -0.3 is 16.4 Å². The van der Waals surface area contributed by atoms with Crippen LogP contribution in [0.3, 0.4) is 0 Å². The van der Waals surface area contributed by atoms with Crippen LogP contribution in [0.15, 0.2) is 42.7 Å². The van der Waals surface area contributed by atoms with Crippen LogP contribution in [0.1, 0.15) is 16.8 Å². The van der Waals surface area contributed by atoms with E-state index in [1.54, 1.807) is 24.5 Å². The summed E-state index contributed by atoms with van der Waals surface area (Å²) in [5, 5.41) is 6.78. The number of carbonyl (C=O) groups excluding carboxylic acids is 1. The number of fused-ring (bicyclic) bond motifs is 1. The van der Waals surface area contributed by atoms with Gasteiger partial charge in [0.15, 0.2) is 0 Å². The lowest BCUT2D eigenvalue weighted by molar-refractivity contribution is 0.100. The molecule has 4 heterocycles. The molecule has 1 unspecified atom stereocenters. The summed E-state index contributed by atoms with van der Waals surface area (Å²) >= 11 is 0. The molecule has 7 heteroatoms. The van der Waals surface area contributed by atoms with Crippen molar-refractivity contribution >= 4 is 17.4 Å². The number of primary amides is 1. The van der Waals surface area contributed by atoms with E-state index in [2.05, 4.69) is 15.6 Å². The maximum atomic E-state index is 11.3. The molecule has 122 valence electrons. The Labute approximate surface area is 138 Å². The molecule has 1 atom stereocenters. The van der Waals surface area contributed by atoms with Gasteiger partial charge in [-0.05, 0) is 37.2 Å². The van der Waals surface area contributed by atoms with Crippen molar-refractivity contribution in [1.82, 2.24) is 19.7 Å². The number of anilines is 1. The Morgan fingerprint density at radius 1 is 1.38 bits per heavy atom. The number of hydrogen-bond acceptors (Lipinski definition) is 5. The predicted molar refractivity (Wildman–Crippen MR) is 91.8 cm³/mol. The number of hydrogen-bond donors (Lipinski definition) is 3.